The minimum atomic E-state index is 0.609. The van der Waals surface area contributed by atoms with E-state index in [1.165, 1.54) is 18.4 Å². The van der Waals surface area contributed by atoms with Crippen LogP contribution in [0.15, 0.2) is 18.2 Å². The average Bonchev–Trinajstić information content (AvgIpc) is 2.72. The number of ether oxygens (including phenoxy) is 2. The second kappa shape index (κ2) is 7.50. The summed E-state index contributed by atoms with van der Waals surface area (Å²) in [5.41, 5.74) is 1.28. The Labute approximate surface area is 122 Å². The molecule has 0 aliphatic carbocycles. The first-order chi connectivity index (χ1) is 9.76. The highest BCUT2D eigenvalue weighted by atomic mass is 16.5. The lowest BCUT2D eigenvalue weighted by Crippen LogP contribution is -2.36. The molecule has 0 spiro atoms. The number of nitrogens with zero attached hydrogens (tertiary/aromatic N) is 1. The molecule has 4 heteroatoms. The van der Waals surface area contributed by atoms with E-state index in [-0.39, 0.29) is 0 Å². The van der Waals surface area contributed by atoms with Crippen LogP contribution in [0.2, 0.25) is 0 Å². The first kappa shape index (κ1) is 15.1. The Morgan fingerprint density at radius 2 is 2.05 bits per heavy atom. The van der Waals surface area contributed by atoms with Gasteiger partial charge in [0.2, 0.25) is 0 Å². The molecular formula is C16H26N2O2. The van der Waals surface area contributed by atoms with Crippen LogP contribution in [0, 0.1) is 0 Å². The lowest BCUT2D eigenvalue weighted by Gasteiger charge is -2.24. The summed E-state index contributed by atoms with van der Waals surface area (Å²) in [6.45, 7) is 6.61. The monoisotopic (exact) mass is 278 g/mol. The lowest BCUT2D eigenvalue weighted by molar-refractivity contribution is 0.257. The molecule has 0 amide bonds. The van der Waals surface area contributed by atoms with E-state index in [0.29, 0.717) is 6.04 Å². The van der Waals surface area contributed by atoms with Crippen LogP contribution in [0.5, 0.6) is 11.5 Å². The third kappa shape index (κ3) is 3.87. The molecule has 2 rings (SSSR count). The standard InChI is InChI=1S/C16H26N2O2/c1-4-14-12-18(9-5-8-17-14)11-13-6-7-15(19-2)16(10-13)20-3/h6-7,10,14,17H,4-5,8-9,11-12H2,1-3H3. The zero-order valence-electron chi connectivity index (χ0n) is 12.8. The van der Waals surface area contributed by atoms with E-state index >= 15 is 0 Å². The summed E-state index contributed by atoms with van der Waals surface area (Å²) in [4.78, 5) is 2.52. The van der Waals surface area contributed by atoms with E-state index in [9.17, 15) is 0 Å². The Hall–Kier alpha value is -1.26. The molecule has 112 valence electrons. The van der Waals surface area contributed by atoms with E-state index in [2.05, 4.69) is 29.3 Å². The van der Waals surface area contributed by atoms with Crippen LogP contribution in [-0.2, 0) is 6.54 Å². The van der Waals surface area contributed by atoms with Gasteiger partial charge in [-0.15, -0.1) is 0 Å². The largest absolute Gasteiger partial charge is 0.493 e. The van der Waals surface area contributed by atoms with Gasteiger partial charge in [0.15, 0.2) is 11.5 Å². The number of hydrogen-bond acceptors (Lipinski definition) is 4. The number of methoxy groups -OCH3 is 2. The van der Waals surface area contributed by atoms with Gasteiger partial charge < -0.3 is 14.8 Å². The number of nitrogens with one attached hydrogen (secondary N) is 1. The third-order valence-electron chi connectivity index (χ3n) is 3.91. The molecule has 1 heterocycles. The van der Waals surface area contributed by atoms with Crippen molar-refractivity contribution in [2.24, 2.45) is 0 Å². The second-order valence-corrected chi connectivity index (χ2v) is 5.34. The zero-order chi connectivity index (χ0) is 14.4. The molecule has 1 fully saturated rings. The summed E-state index contributed by atoms with van der Waals surface area (Å²) in [6, 6.07) is 6.80. The Kier molecular flexibility index (Phi) is 5.68. The molecule has 0 saturated carbocycles. The lowest BCUT2D eigenvalue weighted by atomic mass is 10.1. The summed E-state index contributed by atoms with van der Waals surface area (Å²) >= 11 is 0. The number of rotatable bonds is 5. The van der Waals surface area contributed by atoms with Crippen molar-refractivity contribution >= 4 is 0 Å². The number of hydrogen-bond donors (Lipinski definition) is 1. The van der Waals surface area contributed by atoms with Crippen LogP contribution in [0.25, 0.3) is 0 Å². The fourth-order valence-corrected chi connectivity index (χ4v) is 2.73. The van der Waals surface area contributed by atoms with Gasteiger partial charge in [0.05, 0.1) is 14.2 Å². The van der Waals surface area contributed by atoms with Crippen molar-refractivity contribution in [2.45, 2.75) is 32.4 Å². The van der Waals surface area contributed by atoms with Gasteiger partial charge in [-0.1, -0.05) is 13.0 Å². The van der Waals surface area contributed by atoms with Crippen molar-refractivity contribution in [1.29, 1.82) is 0 Å². The molecule has 1 aromatic rings. The maximum atomic E-state index is 5.38. The third-order valence-corrected chi connectivity index (χ3v) is 3.91. The molecule has 1 aliphatic rings. The fourth-order valence-electron chi connectivity index (χ4n) is 2.73. The van der Waals surface area contributed by atoms with Crippen molar-refractivity contribution in [2.75, 3.05) is 33.9 Å². The topological polar surface area (TPSA) is 33.7 Å². The second-order valence-electron chi connectivity index (χ2n) is 5.34. The van der Waals surface area contributed by atoms with Gasteiger partial charge in [-0.25, -0.2) is 0 Å². The molecule has 20 heavy (non-hydrogen) atoms. The van der Waals surface area contributed by atoms with Crippen molar-refractivity contribution in [3.05, 3.63) is 23.8 Å². The van der Waals surface area contributed by atoms with Crippen LogP contribution in [0.1, 0.15) is 25.3 Å². The highest BCUT2D eigenvalue weighted by molar-refractivity contribution is 5.42. The van der Waals surface area contributed by atoms with Crippen LogP contribution in [0.4, 0.5) is 0 Å². The highest BCUT2D eigenvalue weighted by Crippen LogP contribution is 2.28. The zero-order valence-corrected chi connectivity index (χ0v) is 12.8. The Morgan fingerprint density at radius 1 is 1.25 bits per heavy atom. The average molecular weight is 278 g/mol. The van der Waals surface area contributed by atoms with Gasteiger partial charge in [0.1, 0.15) is 0 Å². The highest BCUT2D eigenvalue weighted by Gasteiger charge is 2.16. The molecule has 1 aliphatic heterocycles. The van der Waals surface area contributed by atoms with Crippen molar-refractivity contribution in [1.82, 2.24) is 10.2 Å². The first-order valence-corrected chi connectivity index (χ1v) is 7.43. The van der Waals surface area contributed by atoms with Crippen molar-refractivity contribution in [3.63, 3.8) is 0 Å². The van der Waals surface area contributed by atoms with E-state index in [0.717, 1.165) is 37.7 Å². The van der Waals surface area contributed by atoms with Crippen LogP contribution < -0.4 is 14.8 Å². The molecule has 0 aromatic heterocycles. The number of benzene rings is 1. The minimum Gasteiger partial charge on any atom is -0.493 e. The van der Waals surface area contributed by atoms with Crippen LogP contribution in [0.3, 0.4) is 0 Å². The quantitative estimate of drug-likeness (QED) is 0.896. The normalized spacial score (nSPS) is 20.4. The van der Waals surface area contributed by atoms with Gasteiger partial charge in [-0.05, 0) is 43.6 Å². The van der Waals surface area contributed by atoms with Gasteiger partial charge in [0, 0.05) is 19.1 Å². The predicted molar refractivity (Wildman–Crippen MR) is 81.5 cm³/mol. The van der Waals surface area contributed by atoms with E-state index in [4.69, 9.17) is 9.47 Å². The summed E-state index contributed by atoms with van der Waals surface area (Å²) in [7, 11) is 3.36. The summed E-state index contributed by atoms with van der Waals surface area (Å²) in [6.07, 6.45) is 2.40. The fraction of sp³-hybridized carbons (Fsp3) is 0.625. The Bertz CT molecular complexity index is 423. The van der Waals surface area contributed by atoms with E-state index in [1.54, 1.807) is 14.2 Å². The molecule has 0 radical (unpaired) electrons. The molecular weight excluding hydrogens is 252 g/mol. The summed E-state index contributed by atoms with van der Waals surface area (Å²) in [5, 5.41) is 3.60. The SMILES string of the molecule is CCC1CN(Cc2ccc(OC)c(OC)c2)CCCN1. The Morgan fingerprint density at radius 3 is 2.75 bits per heavy atom. The van der Waals surface area contributed by atoms with Gasteiger partial charge in [-0.2, -0.15) is 0 Å². The van der Waals surface area contributed by atoms with Crippen LogP contribution >= 0.6 is 0 Å². The van der Waals surface area contributed by atoms with E-state index < -0.39 is 0 Å². The molecule has 1 atom stereocenters. The smallest absolute Gasteiger partial charge is 0.161 e. The summed E-state index contributed by atoms with van der Waals surface area (Å²) in [5.74, 6) is 1.60. The van der Waals surface area contributed by atoms with Crippen molar-refractivity contribution < 1.29 is 9.47 Å². The molecule has 1 N–H and O–H groups in total. The van der Waals surface area contributed by atoms with Crippen molar-refractivity contribution in [3.8, 4) is 11.5 Å². The van der Waals surface area contributed by atoms with Gasteiger partial charge >= 0.3 is 0 Å². The molecule has 1 aromatic carbocycles. The molecule has 1 unspecified atom stereocenters. The first-order valence-electron chi connectivity index (χ1n) is 7.43. The molecule has 4 nitrogen and oxygen atoms in total. The van der Waals surface area contributed by atoms with E-state index in [1.807, 2.05) is 6.07 Å². The molecule has 0 bridgehead atoms. The Balaban J connectivity index is 2.04. The van der Waals surface area contributed by atoms with Gasteiger partial charge in [0.25, 0.3) is 0 Å². The predicted octanol–water partition coefficient (Wildman–Crippen LogP) is 2.28. The summed E-state index contributed by atoms with van der Waals surface area (Å²) < 4.78 is 10.7. The van der Waals surface area contributed by atoms with Crippen LogP contribution in [-0.4, -0.2) is 44.8 Å². The van der Waals surface area contributed by atoms with Gasteiger partial charge in [-0.3, -0.25) is 4.90 Å². The molecule has 1 saturated heterocycles. The maximum absolute atomic E-state index is 5.38. The minimum absolute atomic E-state index is 0.609. The maximum Gasteiger partial charge on any atom is 0.161 e.